The monoisotopic (exact) mass is 244 g/mol. The van der Waals surface area contributed by atoms with Gasteiger partial charge in [-0.05, 0) is 62.6 Å². The number of nitrogens with two attached hydrogens (primary N) is 1. The molecule has 18 heavy (non-hydrogen) atoms. The molecule has 0 bridgehead atoms. The van der Waals surface area contributed by atoms with Gasteiger partial charge in [0.1, 0.15) is 0 Å². The van der Waals surface area contributed by atoms with Crippen LogP contribution >= 0.6 is 0 Å². The van der Waals surface area contributed by atoms with Crippen LogP contribution in [-0.2, 0) is 6.42 Å². The average Bonchev–Trinajstić information content (AvgIpc) is 2.47. The van der Waals surface area contributed by atoms with Gasteiger partial charge in [0.25, 0.3) is 0 Å². The van der Waals surface area contributed by atoms with E-state index in [1.807, 2.05) is 0 Å². The van der Waals surface area contributed by atoms with Crippen LogP contribution in [0.4, 0.5) is 5.69 Å². The predicted molar refractivity (Wildman–Crippen MR) is 76.9 cm³/mol. The maximum atomic E-state index is 5.79. The number of hydrogen-bond donors (Lipinski definition) is 1. The van der Waals surface area contributed by atoms with Crippen LogP contribution in [0.25, 0.3) is 0 Å². The van der Waals surface area contributed by atoms with Crippen LogP contribution in [0.15, 0.2) is 24.3 Å². The minimum atomic E-state index is 0.759. The lowest BCUT2D eigenvalue weighted by atomic mass is 9.84. The van der Waals surface area contributed by atoms with Gasteiger partial charge in [-0.15, -0.1) is 0 Å². The topological polar surface area (TPSA) is 29.3 Å². The molecule has 1 fully saturated rings. The maximum Gasteiger partial charge on any atom is 0.0401 e. The Bertz CT molecular complexity index is 394. The Hall–Kier alpha value is -1.02. The molecule has 0 amide bonds. The van der Waals surface area contributed by atoms with E-state index in [-0.39, 0.29) is 0 Å². The zero-order valence-electron chi connectivity index (χ0n) is 11.1. The van der Waals surface area contributed by atoms with Crippen LogP contribution in [0.1, 0.15) is 37.7 Å². The van der Waals surface area contributed by atoms with E-state index in [2.05, 4.69) is 29.2 Å². The summed E-state index contributed by atoms with van der Waals surface area (Å²) in [4.78, 5) is 2.67. The summed E-state index contributed by atoms with van der Waals surface area (Å²) in [6, 6.07) is 9.72. The second kappa shape index (κ2) is 5.31. The van der Waals surface area contributed by atoms with Crippen LogP contribution in [-0.4, -0.2) is 19.1 Å². The number of fused-ring (bicyclic) bond motifs is 1. The Morgan fingerprint density at radius 1 is 1.11 bits per heavy atom. The number of nitrogens with zero attached hydrogens (tertiary/aromatic N) is 1. The first-order valence-electron chi connectivity index (χ1n) is 7.43. The number of hydrogen-bond acceptors (Lipinski definition) is 2. The minimum absolute atomic E-state index is 0.759. The minimum Gasteiger partial charge on any atom is -0.368 e. The van der Waals surface area contributed by atoms with Crippen LogP contribution in [0, 0.1) is 5.92 Å². The normalized spacial score (nSPS) is 27.9. The van der Waals surface area contributed by atoms with Gasteiger partial charge in [-0.25, -0.2) is 0 Å². The molecular weight excluding hydrogens is 220 g/mol. The predicted octanol–water partition coefficient (Wildman–Crippen LogP) is 2.96. The molecule has 0 saturated heterocycles. The van der Waals surface area contributed by atoms with Gasteiger partial charge in [0.2, 0.25) is 0 Å². The fraction of sp³-hybridized carbons (Fsp3) is 0.625. The lowest BCUT2D eigenvalue weighted by Crippen LogP contribution is -2.42. The molecule has 98 valence electrons. The molecule has 0 unspecified atom stereocenters. The first-order chi connectivity index (χ1) is 8.88. The highest BCUT2D eigenvalue weighted by Crippen LogP contribution is 2.34. The van der Waals surface area contributed by atoms with E-state index in [0.29, 0.717) is 0 Å². The highest BCUT2D eigenvalue weighted by Gasteiger charge is 2.27. The Labute approximate surface area is 110 Å². The fourth-order valence-corrected chi connectivity index (χ4v) is 3.63. The Kier molecular flexibility index (Phi) is 3.55. The van der Waals surface area contributed by atoms with E-state index in [9.17, 15) is 0 Å². The first kappa shape index (κ1) is 12.0. The van der Waals surface area contributed by atoms with Crippen molar-refractivity contribution in [2.75, 3.05) is 18.0 Å². The number of aryl methyl sites for hydroxylation is 1. The molecule has 1 aromatic carbocycles. The molecule has 2 N–H and O–H groups in total. The van der Waals surface area contributed by atoms with E-state index < -0.39 is 0 Å². The highest BCUT2D eigenvalue weighted by atomic mass is 15.2. The third kappa shape index (κ3) is 2.26. The molecule has 0 aromatic heterocycles. The molecule has 0 radical (unpaired) electrons. The lowest BCUT2D eigenvalue weighted by molar-refractivity contribution is 0.318. The molecule has 1 aliphatic heterocycles. The van der Waals surface area contributed by atoms with Crippen molar-refractivity contribution in [2.45, 2.75) is 44.6 Å². The molecule has 0 spiro atoms. The van der Waals surface area contributed by atoms with Crippen molar-refractivity contribution in [2.24, 2.45) is 11.7 Å². The van der Waals surface area contributed by atoms with Gasteiger partial charge in [0.05, 0.1) is 0 Å². The lowest BCUT2D eigenvalue weighted by Gasteiger charge is -2.41. The Morgan fingerprint density at radius 3 is 2.67 bits per heavy atom. The highest BCUT2D eigenvalue weighted by molar-refractivity contribution is 5.56. The first-order valence-corrected chi connectivity index (χ1v) is 7.43. The Morgan fingerprint density at radius 2 is 1.89 bits per heavy atom. The number of benzene rings is 1. The van der Waals surface area contributed by atoms with E-state index in [4.69, 9.17) is 5.73 Å². The SMILES string of the molecule is NCC1CCC(N2CCCc3ccccc32)CC1. The van der Waals surface area contributed by atoms with Crippen LogP contribution in [0.2, 0.25) is 0 Å². The molecule has 1 saturated carbocycles. The summed E-state index contributed by atoms with van der Waals surface area (Å²) in [6.07, 6.45) is 7.87. The van der Waals surface area contributed by atoms with Crippen molar-refractivity contribution in [1.29, 1.82) is 0 Å². The molecule has 3 rings (SSSR count). The molecular formula is C16H24N2. The smallest absolute Gasteiger partial charge is 0.0401 e. The second-order valence-electron chi connectivity index (χ2n) is 5.84. The number of rotatable bonds is 2. The summed E-state index contributed by atoms with van der Waals surface area (Å²) in [5.41, 5.74) is 8.84. The van der Waals surface area contributed by atoms with Crippen molar-refractivity contribution in [3.05, 3.63) is 29.8 Å². The van der Waals surface area contributed by atoms with E-state index in [1.54, 1.807) is 5.56 Å². The summed E-state index contributed by atoms with van der Waals surface area (Å²) >= 11 is 0. The van der Waals surface area contributed by atoms with Gasteiger partial charge in [0.15, 0.2) is 0 Å². The van der Waals surface area contributed by atoms with Crippen molar-refractivity contribution in [3.63, 3.8) is 0 Å². The van der Waals surface area contributed by atoms with E-state index in [0.717, 1.165) is 18.5 Å². The van der Waals surface area contributed by atoms with Crippen LogP contribution < -0.4 is 10.6 Å². The van der Waals surface area contributed by atoms with Crippen molar-refractivity contribution < 1.29 is 0 Å². The van der Waals surface area contributed by atoms with Crippen molar-refractivity contribution in [1.82, 2.24) is 0 Å². The zero-order valence-corrected chi connectivity index (χ0v) is 11.1. The Balaban J connectivity index is 1.74. The largest absolute Gasteiger partial charge is 0.368 e. The molecule has 1 aliphatic carbocycles. The molecule has 1 heterocycles. The van der Waals surface area contributed by atoms with Crippen LogP contribution in [0.3, 0.4) is 0 Å². The summed E-state index contributed by atoms with van der Waals surface area (Å²) < 4.78 is 0. The third-order valence-electron chi connectivity index (χ3n) is 4.74. The van der Waals surface area contributed by atoms with Gasteiger partial charge < -0.3 is 10.6 Å². The van der Waals surface area contributed by atoms with Gasteiger partial charge in [-0.1, -0.05) is 18.2 Å². The summed E-state index contributed by atoms with van der Waals surface area (Å²) in [5, 5.41) is 0. The molecule has 1 aromatic rings. The molecule has 2 nitrogen and oxygen atoms in total. The van der Waals surface area contributed by atoms with Crippen LogP contribution in [0.5, 0.6) is 0 Å². The zero-order chi connectivity index (χ0) is 12.4. The van der Waals surface area contributed by atoms with Crippen molar-refractivity contribution in [3.8, 4) is 0 Å². The van der Waals surface area contributed by atoms with Gasteiger partial charge in [-0.3, -0.25) is 0 Å². The molecule has 2 heteroatoms. The molecule has 0 atom stereocenters. The average molecular weight is 244 g/mol. The number of para-hydroxylation sites is 1. The maximum absolute atomic E-state index is 5.79. The standard InChI is InChI=1S/C16H24N2/c17-12-13-7-9-15(10-8-13)18-11-3-5-14-4-1-2-6-16(14)18/h1-2,4,6,13,15H,3,5,7-12,17H2. The van der Waals surface area contributed by atoms with Gasteiger partial charge in [0, 0.05) is 18.3 Å². The molecule has 2 aliphatic rings. The van der Waals surface area contributed by atoms with Gasteiger partial charge in [-0.2, -0.15) is 0 Å². The summed E-state index contributed by atoms with van der Waals surface area (Å²) in [5.74, 6) is 0.779. The summed E-state index contributed by atoms with van der Waals surface area (Å²) in [7, 11) is 0. The van der Waals surface area contributed by atoms with Crippen molar-refractivity contribution >= 4 is 5.69 Å². The van der Waals surface area contributed by atoms with E-state index >= 15 is 0 Å². The third-order valence-corrected chi connectivity index (χ3v) is 4.74. The number of anilines is 1. The van der Waals surface area contributed by atoms with Gasteiger partial charge >= 0.3 is 0 Å². The summed E-state index contributed by atoms with van der Waals surface area (Å²) in [6.45, 7) is 2.12. The second-order valence-corrected chi connectivity index (χ2v) is 5.84. The van der Waals surface area contributed by atoms with E-state index in [1.165, 1.54) is 50.8 Å². The fourth-order valence-electron chi connectivity index (χ4n) is 3.63. The quantitative estimate of drug-likeness (QED) is 0.866.